The highest BCUT2D eigenvalue weighted by atomic mass is 16.1. The highest BCUT2D eigenvalue weighted by Gasteiger charge is 2.17. The number of anilines is 1. The fourth-order valence-corrected chi connectivity index (χ4v) is 3.32. The summed E-state index contributed by atoms with van der Waals surface area (Å²) in [7, 11) is 0. The maximum absolute atomic E-state index is 12.4. The zero-order valence-electron chi connectivity index (χ0n) is 14.3. The number of imidazole rings is 1. The van der Waals surface area contributed by atoms with Crippen LogP contribution in [-0.2, 0) is 26.1 Å². The van der Waals surface area contributed by atoms with Gasteiger partial charge in [-0.1, -0.05) is 24.3 Å². The van der Waals surface area contributed by atoms with Crippen LogP contribution in [0.15, 0.2) is 53.7 Å². The normalized spacial score (nSPS) is 13.7. The molecule has 0 saturated heterocycles. The number of aromatic nitrogens is 4. The van der Waals surface area contributed by atoms with Crippen LogP contribution in [0.5, 0.6) is 0 Å². The second kappa shape index (κ2) is 6.55. The maximum Gasteiger partial charge on any atom is 0.268 e. The Hall–Kier alpha value is -2.89. The first kappa shape index (κ1) is 15.6. The van der Waals surface area contributed by atoms with Crippen LogP contribution in [-0.4, -0.2) is 25.9 Å². The Kier molecular flexibility index (Phi) is 4.09. The van der Waals surface area contributed by atoms with E-state index < -0.39 is 0 Å². The Morgan fingerprint density at radius 1 is 1.16 bits per heavy atom. The molecule has 0 atom stereocenters. The molecule has 0 N–H and O–H groups in total. The molecule has 1 aromatic carbocycles. The number of rotatable bonds is 4. The second-order valence-electron chi connectivity index (χ2n) is 6.38. The monoisotopic (exact) mass is 335 g/mol. The standard InChI is InChI=1S/C19H21N5O/c1-15-20-7-9-22(15)10-11-24-19(25)12-18(13-21-24)23-8-6-16-4-2-3-5-17(16)14-23/h2-5,7,9,12-13H,6,8,10-11,14H2,1H3. The van der Waals surface area contributed by atoms with Crippen LogP contribution in [0, 0.1) is 6.92 Å². The van der Waals surface area contributed by atoms with Gasteiger partial charge in [0.1, 0.15) is 5.82 Å². The minimum atomic E-state index is -0.0610. The van der Waals surface area contributed by atoms with E-state index in [1.165, 1.54) is 15.8 Å². The van der Waals surface area contributed by atoms with Crippen molar-refractivity contribution in [2.75, 3.05) is 11.4 Å². The molecule has 0 fully saturated rings. The molecule has 1 aliphatic rings. The van der Waals surface area contributed by atoms with Crippen molar-refractivity contribution in [2.24, 2.45) is 0 Å². The summed E-state index contributed by atoms with van der Waals surface area (Å²) in [6.07, 6.45) is 6.48. The van der Waals surface area contributed by atoms with Gasteiger partial charge in [0.2, 0.25) is 0 Å². The van der Waals surface area contributed by atoms with Crippen LogP contribution in [0.3, 0.4) is 0 Å². The first-order valence-corrected chi connectivity index (χ1v) is 8.57. The third-order valence-electron chi connectivity index (χ3n) is 4.83. The van der Waals surface area contributed by atoms with Gasteiger partial charge < -0.3 is 9.47 Å². The molecule has 2 aromatic heterocycles. The van der Waals surface area contributed by atoms with Gasteiger partial charge in [0.05, 0.1) is 18.4 Å². The third-order valence-corrected chi connectivity index (χ3v) is 4.83. The summed E-state index contributed by atoms with van der Waals surface area (Å²) >= 11 is 0. The van der Waals surface area contributed by atoms with Gasteiger partial charge in [0, 0.05) is 38.1 Å². The van der Waals surface area contributed by atoms with Crippen molar-refractivity contribution in [1.82, 2.24) is 19.3 Å². The minimum Gasteiger partial charge on any atom is -0.365 e. The Morgan fingerprint density at radius 3 is 2.76 bits per heavy atom. The molecule has 6 heteroatoms. The van der Waals surface area contributed by atoms with Gasteiger partial charge in [-0.05, 0) is 24.5 Å². The summed E-state index contributed by atoms with van der Waals surface area (Å²) in [5, 5.41) is 4.37. The van der Waals surface area contributed by atoms with Crippen LogP contribution in [0.25, 0.3) is 0 Å². The highest BCUT2D eigenvalue weighted by Crippen LogP contribution is 2.22. The molecule has 6 nitrogen and oxygen atoms in total. The highest BCUT2D eigenvalue weighted by molar-refractivity contribution is 5.47. The van der Waals surface area contributed by atoms with Gasteiger partial charge in [0.25, 0.3) is 5.56 Å². The van der Waals surface area contributed by atoms with E-state index in [9.17, 15) is 4.79 Å². The third kappa shape index (κ3) is 3.20. The van der Waals surface area contributed by atoms with Crippen molar-refractivity contribution in [3.8, 4) is 0 Å². The zero-order valence-corrected chi connectivity index (χ0v) is 14.3. The Balaban J connectivity index is 1.49. The lowest BCUT2D eigenvalue weighted by Crippen LogP contribution is -2.33. The predicted octanol–water partition coefficient (Wildman–Crippen LogP) is 2.01. The molecule has 1 aliphatic heterocycles. The van der Waals surface area contributed by atoms with E-state index in [0.717, 1.165) is 31.0 Å². The molecule has 0 unspecified atom stereocenters. The number of fused-ring (bicyclic) bond motifs is 1. The van der Waals surface area contributed by atoms with E-state index in [1.54, 1.807) is 18.5 Å². The van der Waals surface area contributed by atoms with Crippen LogP contribution >= 0.6 is 0 Å². The fourth-order valence-electron chi connectivity index (χ4n) is 3.32. The Bertz CT molecular complexity index is 943. The number of benzene rings is 1. The summed E-state index contributed by atoms with van der Waals surface area (Å²) in [6, 6.07) is 10.2. The van der Waals surface area contributed by atoms with Crippen molar-refractivity contribution in [2.45, 2.75) is 33.0 Å². The number of nitrogens with zero attached hydrogens (tertiary/aromatic N) is 5. The summed E-state index contributed by atoms with van der Waals surface area (Å²) < 4.78 is 3.53. The van der Waals surface area contributed by atoms with Crippen molar-refractivity contribution in [1.29, 1.82) is 0 Å². The molecule has 3 heterocycles. The summed E-state index contributed by atoms with van der Waals surface area (Å²) in [5.74, 6) is 0.941. The van der Waals surface area contributed by atoms with E-state index in [1.807, 2.05) is 17.7 Å². The molecule has 0 aliphatic carbocycles. The largest absolute Gasteiger partial charge is 0.365 e. The minimum absolute atomic E-state index is 0.0610. The Morgan fingerprint density at radius 2 is 2.00 bits per heavy atom. The topological polar surface area (TPSA) is 56.0 Å². The fraction of sp³-hybridized carbons (Fsp3) is 0.316. The Labute approximate surface area is 146 Å². The van der Waals surface area contributed by atoms with Gasteiger partial charge in [-0.3, -0.25) is 4.79 Å². The molecule has 4 rings (SSSR count). The molecule has 3 aromatic rings. The zero-order chi connectivity index (χ0) is 17.2. The smallest absolute Gasteiger partial charge is 0.268 e. The molecule has 0 bridgehead atoms. The molecule has 128 valence electrons. The first-order chi connectivity index (χ1) is 12.2. The number of aryl methyl sites for hydroxylation is 3. The van der Waals surface area contributed by atoms with Crippen molar-refractivity contribution in [3.63, 3.8) is 0 Å². The van der Waals surface area contributed by atoms with Crippen molar-refractivity contribution < 1.29 is 0 Å². The summed E-state index contributed by atoms with van der Waals surface area (Å²) in [5.41, 5.74) is 3.56. The predicted molar refractivity (Wildman–Crippen MR) is 96.7 cm³/mol. The van der Waals surface area contributed by atoms with Gasteiger partial charge in [0.15, 0.2) is 0 Å². The van der Waals surface area contributed by atoms with E-state index in [-0.39, 0.29) is 5.56 Å². The first-order valence-electron chi connectivity index (χ1n) is 8.57. The van der Waals surface area contributed by atoms with Crippen molar-refractivity contribution in [3.05, 3.63) is 76.2 Å². The van der Waals surface area contributed by atoms with E-state index in [2.05, 4.69) is 39.2 Å². The number of hydrogen-bond acceptors (Lipinski definition) is 4. The summed E-state index contributed by atoms with van der Waals surface area (Å²) in [4.78, 5) is 18.8. The van der Waals surface area contributed by atoms with Crippen molar-refractivity contribution >= 4 is 5.69 Å². The summed E-state index contributed by atoms with van der Waals surface area (Å²) in [6.45, 7) is 4.92. The van der Waals surface area contributed by atoms with Gasteiger partial charge in [-0.15, -0.1) is 0 Å². The van der Waals surface area contributed by atoms with Gasteiger partial charge in [-0.2, -0.15) is 5.10 Å². The van der Waals surface area contributed by atoms with E-state index in [4.69, 9.17) is 0 Å². The lowest BCUT2D eigenvalue weighted by molar-refractivity contribution is 0.503. The van der Waals surface area contributed by atoms with Gasteiger partial charge >= 0.3 is 0 Å². The van der Waals surface area contributed by atoms with Crippen LogP contribution in [0.1, 0.15) is 17.0 Å². The molecular formula is C19H21N5O. The van der Waals surface area contributed by atoms with E-state index in [0.29, 0.717) is 13.1 Å². The SMILES string of the molecule is Cc1nccn1CCn1ncc(N2CCc3ccccc3C2)cc1=O. The molecule has 0 radical (unpaired) electrons. The maximum atomic E-state index is 12.4. The van der Waals surface area contributed by atoms with Crippen LogP contribution < -0.4 is 10.5 Å². The van der Waals surface area contributed by atoms with E-state index >= 15 is 0 Å². The lowest BCUT2D eigenvalue weighted by Gasteiger charge is -2.30. The van der Waals surface area contributed by atoms with Crippen LogP contribution in [0.4, 0.5) is 5.69 Å². The molecule has 25 heavy (non-hydrogen) atoms. The average molecular weight is 335 g/mol. The molecule has 0 saturated carbocycles. The van der Waals surface area contributed by atoms with Crippen LogP contribution in [0.2, 0.25) is 0 Å². The quantitative estimate of drug-likeness (QED) is 0.732. The second-order valence-corrected chi connectivity index (χ2v) is 6.38. The number of hydrogen-bond donors (Lipinski definition) is 0. The molecule has 0 amide bonds. The lowest BCUT2D eigenvalue weighted by atomic mass is 10.00. The average Bonchev–Trinajstić information content (AvgIpc) is 3.05. The van der Waals surface area contributed by atoms with Gasteiger partial charge in [-0.25, -0.2) is 9.67 Å². The molecular weight excluding hydrogens is 314 g/mol. The molecule has 0 spiro atoms.